The number of carbonyl (C=O) groups excluding carboxylic acids is 4. The summed E-state index contributed by atoms with van der Waals surface area (Å²) in [5.41, 5.74) is 15.7. The maximum absolute atomic E-state index is 13.3. The van der Waals surface area contributed by atoms with Crippen LogP contribution in [-0.2, 0) is 16.1 Å². The van der Waals surface area contributed by atoms with Gasteiger partial charge in [0.2, 0.25) is 11.8 Å². The Hall–Kier alpha value is -5.82. The van der Waals surface area contributed by atoms with Crippen molar-refractivity contribution in [3.8, 4) is 5.75 Å². The number of nitrogens with zero attached hydrogens (tertiary/aromatic N) is 5. The molecule has 6 rings (SSSR count). The maximum Gasteiger partial charge on any atom is 0.242 e. The van der Waals surface area contributed by atoms with E-state index >= 15 is 0 Å². The van der Waals surface area contributed by atoms with Crippen molar-refractivity contribution in [3.05, 3.63) is 114 Å². The van der Waals surface area contributed by atoms with Crippen LogP contribution < -0.4 is 26.0 Å². The maximum atomic E-state index is 13.3. The van der Waals surface area contributed by atoms with Gasteiger partial charge in [-0.05, 0) is 137 Å². The highest BCUT2D eigenvalue weighted by Crippen LogP contribution is 2.25. The van der Waals surface area contributed by atoms with E-state index in [4.69, 9.17) is 16.2 Å². The third kappa shape index (κ3) is 14.1. The molecule has 1 aliphatic rings. The number of likely N-dealkylation sites (N-methyl/N-ethyl adjacent to an activating group) is 2. The topological polar surface area (TPSA) is 146 Å². The molecule has 12 heteroatoms. The molecule has 0 unspecified atom stereocenters. The molecule has 1 saturated heterocycles. The van der Waals surface area contributed by atoms with Crippen molar-refractivity contribution in [2.24, 2.45) is 11.5 Å². The fourth-order valence-corrected chi connectivity index (χ4v) is 7.79. The third-order valence-corrected chi connectivity index (χ3v) is 11.6. The summed E-state index contributed by atoms with van der Waals surface area (Å²) < 4.78 is 5.74. The van der Waals surface area contributed by atoms with Gasteiger partial charge >= 0.3 is 0 Å². The number of anilines is 2. The van der Waals surface area contributed by atoms with Crippen LogP contribution in [0.5, 0.6) is 5.75 Å². The molecule has 0 aromatic heterocycles. The molecule has 0 spiro atoms. The van der Waals surface area contributed by atoms with Gasteiger partial charge in [-0.25, -0.2) is 0 Å². The number of rotatable bonds is 21. The first-order chi connectivity index (χ1) is 30.4. The number of hydrogen-bond acceptors (Lipinski definition) is 10. The number of Topliss-reactive ketones (excluding diaryl/α,β-unsaturated/α-hetero) is 2. The molecule has 5 aromatic rings. The van der Waals surface area contributed by atoms with Gasteiger partial charge in [0.05, 0.1) is 19.7 Å². The zero-order valence-electron chi connectivity index (χ0n) is 38.0. The average Bonchev–Trinajstić information content (AvgIpc) is 3.81. The van der Waals surface area contributed by atoms with E-state index in [0.717, 1.165) is 83.3 Å². The van der Waals surface area contributed by atoms with Gasteiger partial charge in [0.15, 0.2) is 11.6 Å². The lowest BCUT2D eigenvalue weighted by atomic mass is 10.0. The molecule has 5 aromatic carbocycles. The van der Waals surface area contributed by atoms with Crippen molar-refractivity contribution in [2.45, 2.75) is 53.0 Å². The number of benzene rings is 5. The van der Waals surface area contributed by atoms with Crippen LogP contribution in [0.25, 0.3) is 21.5 Å². The molecule has 4 N–H and O–H groups in total. The summed E-state index contributed by atoms with van der Waals surface area (Å²) in [6.07, 6.45) is 4.08. The predicted octanol–water partition coefficient (Wildman–Crippen LogP) is 7.01. The Balaban J connectivity index is 0.000000239. The number of likely N-dealkylation sites (tertiary alicyclic amines) is 1. The summed E-state index contributed by atoms with van der Waals surface area (Å²) >= 11 is 0. The molecule has 0 bridgehead atoms. The Morgan fingerprint density at radius 2 is 1.10 bits per heavy atom. The first-order valence-electron chi connectivity index (χ1n) is 22.3. The highest BCUT2D eigenvalue weighted by atomic mass is 16.5. The Morgan fingerprint density at radius 1 is 0.619 bits per heavy atom. The van der Waals surface area contributed by atoms with E-state index in [1.165, 1.54) is 12.8 Å². The summed E-state index contributed by atoms with van der Waals surface area (Å²) in [5, 5.41) is 4.12. The number of nitrogens with two attached hydrogens (primary N) is 2. The second-order valence-corrected chi connectivity index (χ2v) is 16.4. The summed E-state index contributed by atoms with van der Waals surface area (Å²) in [6.45, 7) is 13.1. The van der Waals surface area contributed by atoms with Crippen molar-refractivity contribution < 1.29 is 23.9 Å². The summed E-state index contributed by atoms with van der Waals surface area (Å²) in [5.74, 6) is 1.09. The predicted molar refractivity (Wildman–Crippen MR) is 257 cm³/mol. The zero-order chi connectivity index (χ0) is 45.3. The quantitative estimate of drug-likeness (QED) is 0.0740. The number of para-hydroxylation sites is 1. The van der Waals surface area contributed by atoms with E-state index < -0.39 is 0 Å². The van der Waals surface area contributed by atoms with E-state index in [0.29, 0.717) is 57.0 Å². The number of ketones is 2. The van der Waals surface area contributed by atoms with E-state index in [1.54, 1.807) is 13.8 Å². The van der Waals surface area contributed by atoms with Crippen molar-refractivity contribution in [1.29, 1.82) is 0 Å². The van der Waals surface area contributed by atoms with Gasteiger partial charge in [-0.1, -0.05) is 54.6 Å². The summed E-state index contributed by atoms with van der Waals surface area (Å²) in [6, 6.07) is 31.4. The molecule has 1 aliphatic heterocycles. The van der Waals surface area contributed by atoms with E-state index in [2.05, 4.69) is 11.0 Å². The van der Waals surface area contributed by atoms with Gasteiger partial charge in [-0.15, -0.1) is 0 Å². The van der Waals surface area contributed by atoms with Crippen LogP contribution >= 0.6 is 0 Å². The molecule has 0 atom stereocenters. The van der Waals surface area contributed by atoms with Gasteiger partial charge in [-0.2, -0.15) is 0 Å². The Labute approximate surface area is 373 Å². The fraction of sp³-hybridized carbons (Fsp3) is 0.412. The van der Waals surface area contributed by atoms with E-state index in [-0.39, 0.29) is 29.9 Å². The number of carbonyl (C=O) groups is 4. The monoisotopic (exact) mass is 858 g/mol. The molecule has 2 amide bonds. The van der Waals surface area contributed by atoms with Crippen molar-refractivity contribution in [3.63, 3.8) is 0 Å². The van der Waals surface area contributed by atoms with Crippen LogP contribution in [0.4, 0.5) is 11.4 Å². The molecule has 1 heterocycles. The van der Waals surface area contributed by atoms with Crippen LogP contribution in [0.2, 0.25) is 0 Å². The molecule has 12 nitrogen and oxygen atoms in total. The highest BCUT2D eigenvalue weighted by Gasteiger charge is 2.20. The molecule has 63 heavy (non-hydrogen) atoms. The highest BCUT2D eigenvalue weighted by molar-refractivity contribution is 6.00. The zero-order valence-corrected chi connectivity index (χ0v) is 38.0. The number of hydrogen-bond donors (Lipinski definition) is 2. The molecule has 1 fully saturated rings. The second-order valence-electron chi connectivity index (χ2n) is 16.4. The Morgan fingerprint density at radius 3 is 1.60 bits per heavy atom. The first-order valence-corrected chi connectivity index (χ1v) is 22.3. The van der Waals surface area contributed by atoms with E-state index in [1.807, 2.05) is 132 Å². The molecule has 0 saturated carbocycles. The van der Waals surface area contributed by atoms with Crippen LogP contribution in [-0.4, -0.2) is 124 Å². The van der Waals surface area contributed by atoms with Gasteiger partial charge in [0.1, 0.15) is 5.75 Å². The first kappa shape index (κ1) is 48.2. The second kappa shape index (κ2) is 24.1. The van der Waals surface area contributed by atoms with Crippen LogP contribution in [0.3, 0.4) is 0 Å². The lowest BCUT2D eigenvalue weighted by Crippen LogP contribution is -2.43. The largest absolute Gasteiger partial charge is 0.494 e. The lowest BCUT2D eigenvalue weighted by Gasteiger charge is -2.28. The van der Waals surface area contributed by atoms with Crippen LogP contribution in [0.15, 0.2) is 97.1 Å². The van der Waals surface area contributed by atoms with Gasteiger partial charge < -0.3 is 40.7 Å². The average molecular weight is 858 g/mol. The van der Waals surface area contributed by atoms with E-state index in [9.17, 15) is 19.2 Å². The number of ether oxygens (including phenoxy) is 1. The van der Waals surface area contributed by atoms with Crippen molar-refractivity contribution in [2.75, 3.05) is 95.9 Å². The fourth-order valence-electron chi connectivity index (χ4n) is 7.79. The third-order valence-electron chi connectivity index (χ3n) is 11.6. The Kier molecular flexibility index (Phi) is 18.5. The molecule has 336 valence electrons. The summed E-state index contributed by atoms with van der Waals surface area (Å²) in [4.78, 5) is 59.7. The number of amides is 2. The minimum Gasteiger partial charge on any atom is -0.494 e. The minimum absolute atomic E-state index is 0.0317. The van der Waals surface area contributed by atoms with Gasteiger partial charge in [-0.3, -0.25) is 19.2 Å². The van der Waals surface area contributed by atoms with Crippen molar-refractivity contribution >= 4 is 56.3 Å². The van der Waals surface area contributed by atoms with Crippen LogP contribution in [0, 0.1) is 0 Å². The van der Waals surface area contributed by atoms with Crippen molar-refractivity contribution in [1.82, 2.24) is 14.7 Å². The molecule has 0 radical (unpaired) electrons. The Bertz CT molecular complexity index is 2310. The smallest absolute Gasteiger partial charge is 0.242 e. The molecular weight excluding hydrogens is 791 g/mol. The number of fused-ring (bicyclic) bond motifs is 2. The van der Waals surface area contributed by atoms with Crippen LogP contribution in [0.1, 0.15) is 72.7 Å². The SMILES string of the molecule is CC(=O)c1ccc2cc(N(C)CC(=O)N(CCCN)CCN3CCCC3)ccc2c1.CCOc1ccccc1CN(CCCN)C(=O)CN(C)c1ccc2cc(C(C)=O)ccc2c1. The molecular formula is C51H67N7O5. The van der Waals surface area contributed by atoms with Gasteiger partial charge in [0, 0.05) is 74.9 Å². The standard InChI is InChI=1S/C27H33N3O3.C24H34N4O2/c1-4-33-26-9-6-5-8-24(26)18-30(15-7-14-28)27(32)19-29(3)25-13-12-22-16-21(20(2)31)10-11-23(22)17-25;1-19(29)20-6-7-22-17-23(9-8-21(22)16-20)26(2)18-24(30)28(13-5-10-25)15-14-27-11-3-4-12-27/h5-6,8-13,16-17H,4,7,14-15,18-19,28H2,1-3H3;6-9,16-17H,3-5,10-15,18,25H2,1-2H3. The minimum atomic E-state index is 0.0317. The molecule has 0 aliphatic carbocycles. The lowest BCUT2D eigenvalue weighted by molar-refractivity contribution is -0.131. The summed E-state index contributed by atoms with van der Waals surface area (Å²) in [7, 11) is 3.86. The van der Waals surface area contributed by atoms with Gasteiger partial charge in [0.25, 0.3) is 0 Å². The normalized spacial score (nSPS) is 12.4.